The van der Waals surface area contributed by atoms with Crippen molar-refractivity contribution >= 4 is 0 Å². The molecule has 1 aliphatic carbocycles. The predicted octanol–water partition coefficient (Wildman–Crippen LogP) is 1.84. The minimum atomic E-state index is 0.425. The number of piperidine rings is 1. The van der Waals surface area contributed by atoms with Gasteiger partial charge >= 0.3 is 0 Å². The van der Waals surface area contributed by atoms with Crippen LogP contribution in [0.1, 0.15) is 40.0 Å². The van der Waals surface area contributed by atoms with Gasteiger partial charge in [-0.2, -0.15) is 0 Å². The number of rotatable bonds is 2. The molecule has 0 aromatic carbocycles. The number of nitrogens with zero attached hydrogens (tertiary/aromatic N) is 1. The number of hydrogen-bond donors (Lipinski definition) is 1. The maximum Gasteiger partial charge on any atom is 0.0181 e. The van der Waals surface area contributed by atoms with Gasteiger partial charge in [0.15, 0.2) is 0 Å². The van der Waals surface area contributed by atoms with Crippen LogP contribution < -0.4 is 5.73 Å². The highest BCUT2D eigenvalue weighted by molar-refractivity contribution is 4.98. The van der Waals surface area contributed by atoms with E-state index in [1.54, 1.807) is 0 Å². The van der Waals surface area contributed by atoms with Crippen molar-refractivity contribution in [1.29, 1.82) is 0 Å². The minimum Gasteiger partial charge on any atom is -0.327 e. The monoisotopic (exact) mass is 196 g/mol. The Morgan fingerprint density at radius 1 is 1.21 bits per heavy atom. The summed E-state index contributed by atoms with van der Waals surface area (Å²) in [6.07, 6.45) is 4.05. The molecule has 0 aromatic rings. The van der Waals surface area contributed by atoms with E-state index in [0.717, 1.165) is 5.92 Å². The molecule has 1 heterocycles. The normalized spacial score (nSPS) is 36.0. The Bertz CT molecular complexity index is 208. The number of likely N-dealkylation sites (tertiary alicyclic amines) is 1. The molecule has 0 amide bonds. The fourth-order valence-corrected chi connectivity index (χ4v) is 2.74. The highest BCUT2D eigenvalue weighted by Gasteiger charge is 2.43. The zero-order chi connectivity index (χ0) is 10.3. The Kier molecular flexibility index (Phi) is 2.61. The lowest BCUT2D eigenvalue weighted by atomic mass is 9.88. The quantitative estimate of drug-likeness (QED) is 0.730. The molecule has 2 fully saturated rings. The van der Waals surface area contributed by atoms with Gasteiger partial charge in [0.25, 0.3) is 0 Å². The van der Waals surface area contributed by atoms with Crippen LogP contribution in [0.15, 0.2) is 0 Å². The summed E-state index contributed by atoms with van der Waals surface area (Å²) in [6, 6.07) is 0.432. The lowest BCUT2D eigenvalue weighted by molar-refractivity contribution is 0.0473. The molecular formula is C12H24N2. The second-order valence-electron chi connectivity index (χ2n) is 5.80. The molecular weight excluding hydrogens is 172 g/mol. The fourth-order valence-electron chi connectivity index (χ4n) is 2.74. The molecule has 2 N–H and O–H groups in total. The highest BCUT2D eigenvalue weighted by Crippen LogP contribution is 2.43. The third kappa shape index (κ3) is 1.82. The lowest BCUT2D eigenvalue weighted by Crippen LogP contribution is -2.54. The van der Waals surface area contributed by atoms with Gasteiger partial charge in [0, 0.05) is 24.7 Å². The molecule has 2 nitrogen and oxygen atoms in total. The summed E-state index contributed by atoms with van der Waals surface area (Å²) < 4.78 is 0. The molecule has 1 saturated heterocycles. The van der Waals surface area contributed by atoms with Crippen LogP contribution in [0.5, 0.6) is 0 Å². The van der Waals surface area contributed by atoms with E-state index in [4.69, 9.17) is 5.73 Å². The Labute approximate surface area is 87.8 Å². The predicted molar refractivity (Wildman–Crippen MR) is 60.1 cm³/mol. The van der Waals surface area contributed by atoms with Gasteiger partial charge in [0.2, 0.25) is 0 Å². The van der Waals surface area contributed by atoms with Gasteiger partial charge in [-0.15, -0.1) is 0 Å². The van der Waals surface area contributed by atoms with E-state index in [1.807, 2.05) is 0 Å². The van der Waals surface area contributed by atoms with E-state index in [-0.39, 0.29) is 0 Å². The number of hydrogen-bond acceptors (Lipinski definition) is 2. The van der Waals surface area contributed by atoms with Crippen LogP contribution in [-0.2, 0) is 0 Å². The van der Waals surface area contributed by atoms with Gasteiger partial charge in [-0.3, -0.25) is 4.90 Å². The maximum absolute atomic E-state index is 6.05. The van der Waals surface area contributed by atoms with E-state index < -0.39 is 0 Å². The van der Waals surface area contributed by atoms with Crippen LogP contribution in [0, 0.1) is 11.8 Å². The van der Waals surface area contributed by atoms with Crippen LogP contribution in [0.4, 0.5) is 0 Å². The summed E-state index contributed by atoms with van der Waals surface area (Å²) in [7, 11) is 0. The van der Waals surface area contributed by atoms with Crippen molar-refractivity contribution in [3.8, 4) is 0 Å². The third-order valence-electron chi connectivity index (χ3n) is 4.36. The van der Waals surface area contributed by atoms with Crippen molar-refractivity contribution in [2.24, 2.45) is 17.6 Å². The van der Waals surface area contributed by atoms with E-state index in [2.05, 4.69) is 25.7 Å². The van der Waals surface area contributed by atoms with E-state index in [1.165, 1.54) is 32.4 Å². The molecule has 14 heavy (non-hydrogen) atoms. The first-order valence-corrected chi connectivity index (χ1v) is 6.02. The smallest absolute Gasteiger partial charge is 0.0181 e. The SMILES string of the molecule is CC1CN(C(C)(C)C2CC2)CCC1N. The molecule has 0 radical (unpaired) electrons. The average molecular weight is 196 g/mol. The molecule has 1 aliphatic heterocycles. The van der Waals surface area contributed by atoms with Gasteiger partial charge in [0.05, 0.1) is 0 Å². The molecule has 0 bridgehead atoms. The van der Waals surface area contributed by atoms with Crippen LogP contribution in [0.2, 0.25) is 0 Å². The van der Waals surface area contributed by atoms with Crippen molar-refractivity contribution in [3.63, 3.8) is 0 Å². The topological polar surface area (TPSA) is 29.3 Å². The zero-order valence-corrected chi connectivity index (χ0v) is 9.79. The first-order chi connectivity index (χ1) is 6.51. The fraction of sp³-hybridized carbons (Fsp3) is 1.00. The van der Waals surface area contributed by atoms with Crippen molar-refractivity contribution in [2.75, 3.05) is 13.1 Å². The second-order valence-corrected chi connectivity index (χ2v) is 5.80. The van der Waals surface area contributed by atoms with Crippen molar-refractivity contribution in [2.45, 2.75) is 51.6 Å². The standard InChI is InChI=1S/C12H24N2/c1-9-8-14(7-6-11(9)13)12(2,3)10-4-5-10/h9-11H,4-8,13H2,1-3H3. The van der Waals surface area contributed by atoms with Crippen LogP contribution in [0.25, 0.3) is 0 Å². The summed E-state index contributed by atoms with van der Waals surface area (Å²) in [4.78, 5) is 2.67. The van der Waals surface area contributed by atoms with Gasteiger partial charge in [-0.25, -0.2) is 0 Å². The Balaban J connectivity index is 1.98. The summed E-state index contributed by atoms with van der Waals surface area (Å²) in [6.45, 7) is 9.52. The largest absolute Gasteiger partial charge is 0.327 e. The molecule has 0 aromatic heterocycles. The molecule has 1 saturated carbocycles. The summed E-state index contributed by atoms with van der Waals surface area (Å²) in [5, 5.41) is 0. The molecule has 2 aliphatic rings. The van der Waals surface area contributed by atoms with Crippen LogP contribution in [-0.4, -0.2) is 29.6 Å². The summed E-state index contributed by atoms with van der Waals surface area (Å²) >= 11 is 0. The molecule has 2 atom stereocenters. The van der Waals surface area contributed by atoms with Crippen molar-refractivity contribution in [1.82, 2.24) is 4.90 Å². The van der Waals surface area contributed by atoms with Crippen LogP contribution in [0.3, 0.4) is 0 Å². The Hall–Kier alpha value is -0.0800. The van der Waals surface area contributed by atoms with Gasteiger partial charge in [0.1, 0.15) is 0 Å². The van der Waals surface area contributed by atoms with Crippen LogP contribution >= 0.6 is 0 Å². The average Bonchev–Trinajstić information content (AvgIpc) is 2.92. The van der Waals surface area contributed by atoms with Gasteiger partial charge in [-0.1, -0.05) is 6.92 Å². The molecule has 0 spiro atoms. The first kappa shape index (κ1) is 10.4. The summed E-state index contributed by atoms with van der Waals surface area (Å²) in [5.41, 5.74) is 6.47. The van der Waals surface area contributed by atoms with Gasteiger partial charge in [-0.05, 0) is 44.9 Å². The minimum absolute atomic E-state index is 0.425. The summed E-state index contributed by atoms with van der Waals surface area (Å²) in [5.74, 6) is 1.62. The van der Waals surface area contributed by atoms with E-state index in [9.17, 15) is 0 Å². The molecule has 2 unspecified atom stereocenters. The lowest BCUT2D eigenvalue weighted by Gasteiger charge is -2.45. The molecule has 2 heteroatoms. The first-order valence-electron chi connectivity index (χ1n) is 6.02. The molecule has 82 valence electrons. The van der Waals surface area contributed by atoms with Crippen molar-refractivity contribution in [3.05, 3.63) is 0 Å². The second kappa shape index (κ2) is 3.49. The van der Waals surface area contributed by atoms with Crippen molar-refractivity contribution < 1.29 is 0 Å². The number of nitrogens with two attached hydrogens (primary N) is 1. The van der Waals surface area contributed by atoms with Gasteiger partial charge < -0.3 is 5.73 Å². The maximum atomic E-state index is 6.05. The van der Waals surface area contributed by atoms with E-state index in [0.29, 0.717) is 17.5 Å². The third-order valence-corrected chi connectivity index (χ3v) is 4.36. The van der Waals surface area contributed by atoms with E-state index >= 15 is 0 Å². The highest BCUT2D eigenvalue weighted by atomic mass is 15.2. The zero-order valence-electron chi connectivity index (χ0n) is 9.79. The Morgan fingerprint density at radius 2 is 1.86 bits per heavy atom. The Morgan fingerprint density at radius 3 is 2.36 bits per heavy atom. The molecule has 2 rings (SSSR count).